The molecule has 1 atom stereocenters. The van der Waals surface area contributed by atoms with Crippen LogP contribution in [-0.2, 0) is 11.3 Å². The predicted octanol–water partition coefficient (Wildman–Crippen LogP) is 2.96. The summed E-state index contributed by atoms with van der Waals surface area (Å²) in [4.78, 5) is 4.59. The molecule has 1 unspecified atom stereocenters. The van der Waals surface area contributed by atoms with Gasteiger partial charge >= 0.3 is 0 Å². The number of guanidine groups is 1. The largest absolute Gasteiger partial charge is 0.378 e. The van der Waals surface area contributed by atoms with E-state index in [1.807, 2.05) is 24.3 Å². The topological polar surface area (TPSA) is 45.7 Å². The van der Waals surface area contributed by atoms with E-state index >= 15 is 0 Å². The van der Waals surface area contributed by atoms with Crippen molar-refractivity contribution in [2.75, 3.05) is 19.7 Å². The Kier molecular flexibility index (Phi) is 6.83. The van der Waals surface area contributed by atoms with Crippen LogP contribution in [0.15, 0.2) is 29.3 Å². The summed E-state index contributed by atoms with van der Waals surface area (Å²) in [7, 11) is 0. The lowest BCUT2D eigenvalue weighted by molar-refractivity contribution is 0.105. The number of rotatable bonds is 6. The average molecular weight is 310 g/mol. The van der Waals surface area contributed by atoms with Gasteiger partial charge in [0.2, 0.25) is 0 Å². The van der Waals surface area contributed by atoms with Crippen LogP contribution in [0.5, 0.6) is 0 Å². The highest BCUT2D eigenvalue weighted by molar-refractivity contribution is 6.30. The summed E-state index contributed by atoms with van der Waals surface area (Å²) in [6.45, 7) is 5.37. The van der Waals surface area contributed by atoms with Crippen molar-refractivity contribution in [2.45, 2.75) is 38.8 Å². The Morgan fingerprint density at radius 3 is 2.81 bits per heavy atom. The summed E-state index contributed by atoms with van der Waals surface area (Å²) in [5.74, 6) is 0.852. The molecule has 1 heterocycles. The first-order valence-electron chi connectivity index (χ1n) is 7.66. The molecule has 0 aromatic heterocycles. The Bertz CT molecular complexity index is 441. The van der Waals surface area contributed by atoms with E-state index in [1.54, 1.807) is 0 Å². The second-order valence-corrected chi connectivity index (χ2v) is 5.61. The maximum Gasteiger partial charge on any atom is 0.191 e. The van der Waals surface area contributed by atoms with E-state index in [-0.39, 0.29) is 0 Å². The van der Waals surface area contributed by atoms with Gasteiger partial charge in [-0.1, -0.05) is 23.7 Å². The van der Waals surface area contributed by atoms with Gasteiger partial charge in [-0.15, -0.1) is 0 Å². The predicted molar refractivity (Wildman–Crippen MR) is 87.9 cm³/mol. The first kappa shape index (κ1) is 16.1. The summed E-state index contributed by atoms with van der Waals surface area (Å²) >= 11 is 5.88. The minimum atomic E-state index is 0.414. The molecule has 0 amide bonds. The molecule has 21 heavy (non-hydrogen) atoms. The molecule has 2 rings (SSSR count). The quantitative estimate of drug-likeness (QED) is 0.627. The number of benzene rings is 1. The molecule has 5 heteroatoms. The van der Waals surface area contributed by atoms with Crippen LogP contribution in [0.2, 0.25) is 5.02 Å². The molecule has 0 radical (unpaired) electrons. The second kappa shape index (κ2) is 8.90. The summed E-state index contributed by atoms with van der Waals surface area (Å²) < 4.78 is 5.62. The van der Waals surface area contributed by atoms with Crippen LogP contribution in [0.3, 0.4) is 0 Å². The van der Waals surface area contributed by atoms with Gasteiger partial charge in [0.15, 0.2) is 5.96 Å². The first-order chi connectivity index (χ1) is 10.3. The Hall–Kier alpha value is -1.26. The molecule has 1 saturated heterocycles. The van der Waals surface area contributed by atoms with Crippen molar-refractivity contribution in [1.82, 2.24) is 10.6 Å². The molecule has 1 aromatic rings. The van der Waals surface area contributed by atoms with Crippen molar-refractivity contribution in [2.24, 2.45) is 4.99 Å². The number of aliphatic imine (C=N–C) groups is 1. The van der Waals surface area contributed by atoms with E-state index in [1.165, 1.54) is 12.8 Å². The van der Waals surface area contributed by atoms with Crippen molar-refractivity contribution in [3.05, 3.63) is 34.9 Å². The molecule has 116 valence electrons. The van der Waals surface area contributed by atoms with E-state index in [2.05, 4.69) is 22.5 Å². The molecule has 0 bridgehead atoms. The Morgan fingerprint density at radius 1 is 1.33 bits per heavy atom. The monoisotopic (exact) mass is 309 g/mol. The van der Waals surface area contributed by atoms with Gasteiger partial charge < -0.3 is 15.4 Å². The second-order valence-electron chi connectivity index (χ2n) is 5.17. The number of hydrogen-bond acceptors (Lipinski definition) is 2. The van der Waals surface area contributed by atoms with E-state index in [9.17, 15) is 0 Å². The molecular weight excluding hydrogens is 286 g/mol. The minimum absolute atomic E-state index is 0.414. The Morgan fingerprint density at radius 2 is 2.14 bits per heavy atom. The van der Waals surface area contributed by atoms with Crippen LogP contribution >= 0.6 is 11.6 Å². The first-order valence-corrected chi connectivity index (χ1v) is 8.04. The molecule has 0 saturated carbocycles. The number of halogens is 1. The van der Waals surface area contributed by atoms with Gasteiger partial charge in [-0.25, -0.2) is 4.99 Å². The highest BCUT2D eigenvalue weighted by Crippen LogP contribution is 2.14. The number of ether oxygens (including phenoxy) is 1. The van der Waals surface area contributed by atoms with Gasteiger partial charge in [-0.3, -0.25) is 0 Å². The van der Waals surface area contributed by atoms with Crippen LogP contribution in [0, 0.1) is 0 Å². The van der Waals surface area contributed by atoms with Gasteiger partial charge in [0.1, 0.15) is 0 Å². The number of nitrogens with one attached hydrogen (secondary N) is 2. The van der Waals surface area contributed by atoms with E-state index in [0.29, 0.717) is 12.6 Å². The summed E-state index contributed by atoms with van der Waals surface area (Å²) in [5, 5.41) is 7.38. The van der Waals surface area contributed by atoms with Crippen molar-refractivity contribution in [3.63, 3.8) is 0 Å². The highest BCUT2D eigenvalue weighted by Gasteiger charge is 2.14. The van der Waals surface area contributed by atoms with E-state index in [0.717, 1.165) is 42.7 Å². The maximum atomic E-state index is 5.88. The van der Waals surface area contributed by atoms with Gasteiger partial charge in [-0.05, 0) is 43.9 Å². The van der Waals surface area contributed by atoms with Crippen molar-refractivity contribution in [3.8, 4) is 0 Å². The van der Waals surface area contributed by atoms with Crippen molar-refractivity contribution in [1.29, 1.82) is 0 Å². The molecule has 0 aliphatic carbocycles. The minimum Gasteiger partial charge on any atom is -0.378 e. The van der Waals surface area contributed by atoms with Gasteiger partial charge in [-0.2, -0.15) is 0 Å². The van der Waals surface area contributed by atoms with Crippen LogP contribution in [-0.4, -0.2) is 31.8 Å². The zero-order valence-electron chi connectivity index (χ0n) is 12.6. The highest BCUT2D eigenvalue weighted by atomic mass is 35.5. The van der Waals surface area contributed by atoms with Gasteiger partial charge in [0, 0.05) is 24.7 Å². The molecule has 0 spiro atoms. The van der Waals surface area contributed by atoms with Gasteiger partial charge in [0.25, 0.3) is 0 Å². The normalized spacial score (nSPS) is 18.8. The summed E-state index contributed by atoms with van der Waals surface area (Å²) in [6, 6.07) is 7.79. The number of hydrogen-bond donors (Lipinski definition) is 2. The fourth-order valence-corrected chi connectivity index (χ4v) is 2.45. The lowest BCUT2D eigenvalue weighted by atomic mass is 10.2. The third-order valence-electron chi connectivity index (χ3n) is 3.46. The molecule has 1 aliphatic heterocycles. The molecule has 2 N–H and O–H groups in total. The third kappa shape index (κ3) is 5.94. The van der Waals surface area contributed by atoms with Crippen molar-refractivity contribution >= 4 is 17.6 Å². The fraction of sp³-hybridized carbons (Fsp3) is 0.562. The van der Waals surface area contributed by atoms with Crippen LogP contribution in [0.4, 0.5) is 0 Å². The Balaban J connectivity index is 1.78. The third-order valence-corrected chi connectivity index (χ3v) is 3.71. The Labute approximate surface area is 131 Å². The zero-order chi connectivity index (χ0) is 14.9. The van der Waals surface area contributed by atoms with Crippen LogP contribution in [0.25, 0.3) is 0 Å². The lowest BCUT2D eigenvalue weighted by Crippen LogP contribution is -2.38. The van der Waals surface area contributed by atoms with Crippen LogP contribution in [0.1, 0.15) is 31.7 Å². The van der Waals surface area contributed by atoms with E-state index in [4.69, 9.17) is 16.3 Å². The van der Waals surface area contributed by atoms with Crippen LogP contribution < -0.4 is 10.6 Å². The molecule has 1 fully saturated rings. The SMILES string of the molecule is CCNC(=NCc1ccc(Cl)cc1)NCCC1CCCO1. The summed E-state index contributed by atoms with van der Waals surface area (Å²) in [6.07, 6.45) is 3.82. The molecule has 4 nitrogen and oxygen atoms in total. The van der Waals surface area contributed by atoms with Gasteiger partial charge in [0.05, 0.1) is 12.6 Å². The summed E-state index contributed by atoms with van der Waals surface area (Å²) in [5.41, 5.74) is 1.15. The van der Waals surface area contributed by atoms with Crippen molar-refractivity contribution < 1.29 is 4.74 Å². The average Bonchev–Trinajstić information content (AvgIpc) is 3.00. The smallest absolute Gasteiger partial charge is 0.191 e. The lowest BCUT2D eigenvalue weighted by Gasteiger charge is -2.13. The number of nitrogens with zero attached hydrogens (tertiary/aromatic N) is 1. The maximum absolute atomic E-state index is 5.88. The zero-order valence-corrected chi connectivity index (χ0v) is 13.3. The standard InChI is InChI=1S/C16H24ClN3O/c1-2-18-16(19-10-9-15-4-3-11-21-15)20-12-13-5-7-14(17)8-6-13/h5-8,15H,2-4,9-12H2,1H3,(H2,18,19,20). The molecular formula is C16H24ClN3O. The molecule has 1 aromatic carbocycles. The van der Waals surface area contributed by atoms with E-state index < -0.39 is 0 Å². The molecule has 1 aliphatic rings. The fourth-order valence-electron chi connectivity index (χ4n) is 2.33.